The third-order valence-corrected chi connectivity index (χ3v) is 11.7. The van der Waals surface area contributed by atoms with Crippen molar-refractivity contribution in [3.63, 3.8) is 0 Å². The Kier molecular flexibility index (Phi) is 7.54. The first kappa shape index (κ1) is 31.4. The maximum Gasteiger partial charge on any atom is 0.0355 e. The largest absolute Gasteiger partial charge is 0.264 e. The number of aromatic nitrogens is 1. The van der Waals surface area contributed by atoms with Gasteiger partial charge in [-0.25, -0.2) is 0 Å². The van der Waals surface area contributed by atoms with Crippen molar-refractivity contribution in [1.29, 1.82) is 0 Å². The molecule has 1 heteroatoms. The maximum atomic E-state index is 4.61. The molecule has 1 unspecified atom stereocenters. The van der Waals surface area contributed by atoms with Crippen LogP contribution in [0.25, 0.3) is 44.5 Å². The van der Waals surface area contributed by atoms with Crippen LogP contribution in [0.3, 0.4) is 0 Å². The highest BCUT2D eigenvalue weighted by Gasteiger charge is 2.34. The standard InChI is InChI=1S/C52H39N/c1-33-22-23-37(36-14-4-3-5-15-36)30-47(33)49-32-53-27-26-38(49)28-35-13-11-16-39(29-35)52-46-25-24-40(31-48(46)45-21-10-12-34(2)50(45)52)51-43-19-8-6-17-41(43)42-18-7-9-20-44(42)51/h3-27,29-32,51-52H,28H2,1-2H3. The van der Waals surface area contributed by atoms with Gasteiger partial charge in [0.1, 0.15) is 0 Å². The van der Waals surface area contributed by atoms with Gasteiger partial charge in [-0.15, -0.1) is 0 Å². The van der Waals surface area contributed by atoms with E-state index in [9.17, 15) is 0 Å². The zero-order chi connectivity index (χ0) is 35.5. The Morgan fingerprint density at radius 2 is 1.13 bits per heavy atom. The van der Waals surface area contributed by atoms with Crippen molar-refractivity contribution in [2.75, 3.05) is 0 Å². The van der Waals surface area contributed by atoms with Crippen molar-refractivity contribution in [2.24, 2.45) is 0 Å². The van der Waals surface area contributed by atoms with Crippen molar-refractivity contribution in [2.45, 2.75) is 32.1 Å². The lowest BCUT2D eigenvalue weighted by Gasteiger charge is -2.19. The van der Waals surface area contributed by atoms with Crippen molar-refractivity contribution in [1.82, 2.24) is 4.98 Å². The topological polar surface area (TPSA) is 12.9 Å². The summed E-state index contributed by atoms with van der Waals surface area (Å²) < 4.78 is 0. The number of nitrogens with zero attached hydrogens (tertiary/aromatic N) is 1. The van der Waals surface area contributed by atoms with Gasteiger partial charge in [0.25, 0.3) is 0 Å². The van der Waals surface area contributed by atoms with Crippen LogP contribution in [0.2, 0.25) is 0 Å². The normalized spacial score (nSPS) is 14.0. The zero-order valence-electron chi connectivity index (χ0n) is 30.1. The molecule has 2 aliphatic rings. The summed E-state index contributed by atoms with van der Waals surface area (Å²) in [5.41, 5.74) is 23.9. The Morgan fingerprint density at radius 1 is 0.434 bits per heavy atom. The second-order valence-corrected chi connectivity index (χ2v) is 14.8. The fourth-order valence-electron chi connectivity index (χ4n) is 9.20. The van der Waals surface area contributed by atoms with Crippen LogP contribution < -0.4 is 0 Å². The molecule has 0 spiro atoms. The van der Waals surface area contributed by atoms with E-state index in [-0.39, 0.29) is 11.8 Å². The van der Waals surface area contributed by atoms with E-state index in [1.807, 2.05) is 12.4 Å². The summed E-state index contributed by atoms with van der Waals surface area (Å²) in [5.74, 6) is 0.412. The molecule has 1 nitrogen and oxygen atoms in total. The first-order chi connectivity index (χ1) is 26.1. The minimum absolute atomic E-state index is 0.181. The number of fused-ring (bicyclic) bond motifs is 6. The summed E-state index contributed by atoms with van der Waals surface area (Å²) in [6.07, 6.45) is 4.81. The molecule has 0 aliphatic heterocycles. The maximum absolute atomic E-state index is 4.61. The second kappa shape index (κ2) is 12.7. The van der Waals surface area contributed by atoms with Gasteiger partial charge >= 0.3 is 0 Å². The molecule has 0 saturated heterocycles. The van der Waals surface area contributed by atoms with Gasteiger partial charge in [0, 0.05) is 29.8 Å². The van der Waals surface area contributed by atoms with Crippen LogP contribution >= 0.6 is 0 Å². The van der Waals surface area contributed by atoms with Crippen LogP contribution in [0, 0.1) is 13.8 Å². The Labute approximate surface area is 312 Å². The van der Waals surface area contributed by atoms with Gasteiger partial charge in [-0.3, -0.25) is 4.98 Å². The summed E-state index contributed by atoms with van der Waals surface area (Å²) in [7, 11) is 0. The van der Waals surface area contributed by atoms with Gasteiger partial charge in [0.15, 0.2) is 0 Å². The highest BCUT2D eigenvalue weighted by molar-refractivity contribution is 5.85. The predicted molar refractivity (Wildman–Crippen MR) is 219 cm³/mol. The molecule has 53 heavy (non-hydrogen) atoms. The van der Waals surface area contributed by atoms with Gasteiger partial charge < -0.3 is 0 Å². The SMILES string of the molecule is Cc1ccc(-c2ccccc2)cc1-c1cnccc1Cc1cccc(C2c3ccc(C4c5ccccc5-c5ccccc54)cc3-c3cccc(C)c32)c1. The van der Waals surface area contributed by atoms with Crippen LogP contribution in [-0.2, 0) is 6.42 Å². The van der Waals surface area contributed by atoms with Gasteiger partial charge in [-0.1, -0.05) is 146 Å². The van der Waals surface area contributed by atoms with Crippen molar-refractivity contribution in [3.05, 3.63) is 232 Å². The van der Waals surface area contributed by atoms with E-state index in [0.29, 0.717) is 0 Å². The van der Waals surface area contributed by atoms with Crippen LogP contribution in [0.4, 0.5) is 0 Å². The van der Waals surface area contributed by atoms with Crippen LogP contribution in [0.5, 0.6) is 0 Å². The smallest absolute Gasteiger partial charge is 0.0355 e. The quantitative estimate of drug-likeness (QED) is 0.171. The monoisotopic (exact) mass is 677 g/mol. The Balaban J connectivity index is 1.03. The first-order valence-electron chi connectivity index (χ1n) is 18.7. The molecular formula is C52H39N. The van der Waals surface area contributed by atoms with Crippen molar-refractivity contribution < 1.29 is 0 Å². The van der Waals surface area contributed by atoms with E-state index >= 15 is 0 Å². The Hall–Kier alpha value is -6.31. The molecule has 0 saturated carbocycles. The van der Waals surface area contributed by atoms with E-state index in [0.717, 1.165) is 6.42 Å². The lowest BCUT2D eigenvalue weighted by molar-refractivity contribution is 0.980. The Bertz CT molecular complexity index is 2640. The van der Waals surface area contributed by atoms with Crippen LogP contribution in [0.15, 0.2) is 176 Å². The molecule has 1 atom stereocenters. The number of aryl methyl sites for hydroxylation is 2. The average Bonchev–Trinajstić information content (AvgIpc) is 3.72. The fourth-order valence-corrected chi connectivity index (χ4v) is 9.20. The zero-order valence-corrected chi connectivity index (χ0v) is 30.1. The number of rotatable bonds is 6. The van der Waals surface area contributed by atoms with Gasteiger partial charge in [0.05, 0.1) is 0 Å². The first-order valence-corrected chi connectivity index (χ1v) is 18.7. The molecule has 0 amide bonds. The lowest BCUT2D eigenvalue weighted by atomic mass is 9.84. The molecule has 0 fully saturated rings. The van der Waals surface area contributed by atoms with Crippen LogP contribution in [-0.4, -0.2) is 4.98 Å². The van der Waals surface area contributed by atoms with Crippen molar-refractivity contribution >= 4 is 0 Å². The van der Waals surface area contributed by atoms with E-state index in [2.05, 4.69) is 183 Å². The van der Waals surface area contributed by atoms with Crippen molar-refractivity contribution in [3.8, 4) is 44.5 Å². The molecule has 0 radical (unpaired) electrons. The molecule has 1 aromatic heterocycles. The summed E-state index contributed by atoms with van der Waals surface area (Å²) in [4.78, 5) is 4.61. The third kappa shape index (κ3) is 5.27. The number of pyridine rings is 1. The van der Waals surface area contributed by atoms with Gasteiger partial charge in [-0.05, 0) is 133 Å². The van der Waals surface area contributed by atoms with E-state index in [4.69, 9.17) is 0 Å². The molecule has 8 aromatic rings. The highest BCUT2D eigenvalue weighted by atomic mass is 14.6. The van der Waals surface area contributed by atoms with E-state index in [1.165, 1.54) is 100 Å². The summed E-state index contributed by atoms with van der Waals surface area (Å²) in [6.45, 7) is 4.48. The molecular weight excluding hydrogens is 639 g/mol. The highest BCUT2D eigenvalue weighted by Crippen LogP contribution is 2.53. The summed E-state index contributed by atoms with van der Waals surface area (Å²) >= 11 is 0. The van der Waals surface area contributed by atoms with E-state index < -0.39 is 0 Å². The average molecular weight is 678 g/mol. The van der Waals surface area contributed by atoms with E-state index in [1.54, 1.807) is 0 Å². The summed E-state index contributed by atoms with van der Waals surface area (Å²) in [5, 5.41) is 0. The molecule has 0 N–H and O–H groups in total. The van der Waals surface area contributed by atoms with Gasteiger partial charge in [-0.2, -0.15) is 0 Å². The number of benzene rings is 7. The number of hydrogen-bond donors (Lipinski definition) is 0. The number of hydrogen-bond acceptors (Lipinski definition) is 1. The second-order valence-electron chi connectivity index (χ2n) is 14.8. The molecule has 1 heterocycles. The molecule has 252 valence electrons. The molecule has 0 bridgehead atoms. The molecule has 2 aliphatic carbocycles. The lowest BCUT2D eigenvalue weighted by Crippen LogP contribution is -2.04. The molecule has 7 aromatic carbocycles. The van der Waals surface area contributed by atoms with Crippen LogP contribution in [0.1, 0.15) is 67.5 Å². The fraction of sp³-hybridized carbons (Fsp3) is 0.0962. The Morgan fingerprint density at radius 3 is 1.94 bits per heavy atom. The minimum atomic E-state index is 0.181. The molecule has 10 rings (SSSR count). The predicted octanol–water partition coefficient (Wildman–Crippen LogP) is 12.9. The summed E-state index contributed by atoms with van der Waals surface area (Å²) in [6, 6.07) is 61.0. The van der Waals surface area contributed by atoms with Gasteiger partial charge in [0.2, 0.25) is 0 Å². The third-order valence-electron chi connectivity index (χ3n) is 11.7. The minimum Gasteiger partial charge on any atom is -0.264 e.